The van der Waals surface area contributed by atoms with Crippen LogP contribution >= 0.6 is 15.9 Å². The van der Waals surface area contributed by atoms with Crippen LogP contribution in [-0.2, 0) is 5.33 Å². The summed E-state index contributed by atoms with van der Waals surface area (Å²) in [6.45, 7) is 0. The van der Waals surface area contributed by atoms with E-state index < -0.39 is 5.95 Å². The molecule has 2 nitrogen and oxygen atoms in total. The van der Waals surface area contributed by atoms with Crippen molar-refractivity contribution in [3.05, 3.63) is 23.8 Å². The van der Waals surface area contributed by atoms with Gasteiger partial charge in [-0.15, -0.1) is 0 Å². The van der Waals surface area contributed by atoms with Crippen LogP contribution in [-0.4, -0.2) is 4.98 Å². The van der Waals surface area contributed by atoms with Crippen LogP contribution in [0.25, 0.3) is 0 Å². The highest BCUT2D eigenvalue weighted by atomic mass is 79.9. The first-order valence-electron chi connectivity index (χ1n) is 2.70. The number of hydrogen-bond acceptors (Lipinski definition) is 2. The highest BCUT2D eigenvalue weighted by molar-refractivity contribution is 9.08. The summed E-state index contributed by atoms with van der Waals surface area (Å²) in [5.41, 5.74) is 6.32. The van der Waals surface area contributed by atoms with E-state index in [1.807, 2.05) is 0 Å². The van der Waals surface area contributed by atoms with Gasteiger partial charge in [-0.05, 0) is 6.07 Å². The summed E-state index contributed by atoms with van der Waals surface area (Å²) in [5, 5.41) is 0.441. The lowest BCUT2D eigenvalue weighted by atomic mass is 10.3. The first kappa shape index (κ1) is 7.47. The zero-order chi connectivity index (χ0) is 7.56. The molecule has 0 bridgehead atoms. The van der Waals surface area contributed by atoms with E-state index in [0.29, 0.717) is 16.6 Å². The number of aromatic nitrogens is 1. The minimum absolute atomic E-state index is 0.441. The number of nitrogens with zero attached hydrogens (tertiary/aromatic N) is 1. The van der Waals surface area contributed by atoms with Gasteiger partial charge in [0.1, 0.15) is 0 Å². The SMILES string of the molecule is Nc1cnc(F)c(CBr)c1. The van der Waals surface area contributed by atoms with Crippen LogP contribution in [0.5, 0.6) is 0 Å². The van der Waals surface area contributed by atoms with Crippen molar-refractivity contribution in [3.8, 4) is 0 Å². The molecule has 0 radical (unpaired) electrons. The van der Waals surface area contributed by atoms with E-state index in [4.69, 9.17) is 5.73 Å². The van der Waals surface area contributed by atoms with Crippen molar-refractivity contribution in [1.29, 1.82) is 0 Å². The molecule has 2 N–H and O–H groups in total. The first-order valence-corrected chi connectivity index (χ1v) is 3.82. The van der Waals surface area contributed by atoms with Crippen LogP contribution in [0.3, 0.4) is 0 Å². The third-order valence-corrected chi connectivity index (χ3v) is 1.68. The summed E-state index contributed by atoms with van der Waals surface area (Å²) in [4.78, 5) is 3.43. The summed E-state index contributed by atoms with van der Waals surface area (Å²) in [6.07, 6.45) is 1.29. The lowest BCUT2D eigenvalue weighted by molar-refractivity contribution is 0.574. The zero-order valence-electron chi connectivity index (χ0n) is 5.14. The molecule has 0 fully saturated rings. The quantitative estimate of drug-likeness (QED) is 0.559. The molecule has 0 unspecified atom stereocenters. The Morgan fingerprint density at radius 2 is 2.40 bits per heavy atom. The summed E-state index contributed by atoms with van der Waals surface area (Å²) in [6, 6.07) is 1.55. The third kappa shape index (κ3) is 1.44. The maximum absolute atomic E-state index is 12.6. The van der Waals surface area contributed by atoms with E-state index in [1.165, 1.54) is 6.20 Å². The summed E-state index contributed by atoms with van der Waals surface area (Å²) < 4.78 is 12.6. The molecular formula is C6H6BrFN2. The molecule has 0 atom stereocenters. The Morgan fingerprint density at radius 1 is 1.70 bits per heavy atom. The van der Waals surface area contributed by atoms with Crippen molar-refractivity contribution >= 4 is 21.6 Å². The molecule has 10 heavy (non-hydrogen) atoms. The molecule has 0 saturated carbocycles. The number of pyridine rings is 1. The first-order chi connectivity index (χ1) is 4.74. The molecule has 1 aromatic rings. The molecule has 0 aliphatic rings. The predicted octanol–water partition coefficient (Wildman–Crippen LogP) is 1.70. The van der Waals surface area contributed by atoms with Gasteiger partial charge in [0.25, 0.3) is 0 Å². The van der Waals surface area contributed by atoms with Gasteiger partial charge >= 0.3 is 0 Å². The fourth-order valence-electron chi connectivity index (χ4n) is 0.606. The smallest absolute Gasteiger partial charge is 0.217 e. The molecule has 0 spiro atoms. The normalized spacial score (nSPS) is 9.80. The molecule has 0 saturated heterocycles. The van der Waals surface area contributed by atoms with Crippen molar-refractivity contribution in [3.63, 3.8) is 0 Å². The van der Waals surface area contributed by atoms with Gasteiger partial charge in [-0.2, -0.15) is 4.39 Å². The molecule has 1 heterocycles. The molecule has 0 aliphatic carbocycles. The molecule has 54 valence electrons. The summed E-state index contributed by atoms with van der Waals surface area (Å²) in [7, 11) is 0. The van der Waals surface area contributed by atoms with Crippen LogP contribution in [0.2, 0.25) is 0 Å². The largest absolute Gasteiger partial charge is 0.397 e. The highest BCUT2D eigenvalue weighted by Crippen LogP contribution is 2.11. The van der Waals surface area contributed by atoms with Crippen molar-refractivity contribution in [2.24, 2.45) is 0 Å². The second-order valence-electron chi connectivity index (χ2n) is 1.85. The Morgan fingerprint density at radius 3 is 2.90 bits per heavy atom. The predicted molar refractivity (Wildman–Crippen MR) is 41.2 cm³/mol. The molecule has 0 aromatic carbocycles. The Balaban J connectivity index is 3.09. The van der Waals surface area contributed by atoms with Crippen molar-refractivity contribution in [2.45, 2.75) is 5.33 Å². The minimum atomic E-state index is -0.467. The number of alkyl halides is 1. The fourth-order valence-corrected chi connectivity index (χ4v) is 0.999. The Kier molecular flexibility index (Phi) is 2.21. The standard InChI is InChI=1S/C6H6BrFN2/c7-2-4-1-5(9)3-10-6(4)8/h1,3H,2,9H2. The number of rotatable bonds is 1. The summed E-state index contributed by atoms with van der Waals surface area (Å²) in [5.74, 6) is -0.467. The zero-order valence-corrected chi connectivity index (χ0v) is 6.73. The van der Waals surface area contributed by atoms with E-state index in [9.17, 15) is 4.39 Å². The Labute approximate surface area is 66.4 Å². The number of nitrogen functional groups attached to an aromatic ring is 1. The highest BCUT2D eigenvalue weighted by Gasteiger charge is 2.00. The van der Waals surface area contributed by atoms with Gasteiger partial charge in [-0.3, -0.25) is 0 Å². The molecular weight excluding hydrogens is 199 g/mol. The van der Waals surface area contributed by atoms with Gasteiger partial charge in [-0.25, -0.2) is 4.98 Å². The number of halogens is 2. The van der Waals surface area contributed by atoms with Crippen molar-refractivity contribution in [1.82, 2.24) is 4.98 Å². The van der Waals surface area contributed by atoms with E-state index in [2.05, 4.69) is 20.9 Å². The lowest BCUT2D eigenvalue weighted by Crippen LogP contribution is -1.94. The topological polar surface area (TPSA) is 38.9 Å². The Hall–Kier alpha value is -0.640. The van der Waals surface area contributed by atoms with Gasteiger partial charge in [0.15, 0.2) is 0 Å². The van der Waals surface area contributed by atoms with Crippen molar-refractivity contribution in [2.75, 3.05) is 5.73 Å². The average molecular weight is 205 g/mol. The molecule has 1 aromatic heterocycles. The summed E-state index contributed by atoms with van der Waals surface area (Å²) >= 11 is 3.11. The fraction of sp³-hybridized carbons (Fsp3) is 0.167. The van der Waals surface area contributed by atoms with Crippen LogP contribution in [0.15, 0.2) is 12.3 Å². The lowest BCUT2D eigenvalue weighted by Gasteiger charge is -1.97. The third-order valence-electron chi connectivity index (χ3n) is 1.08. The van der Waals surface area contributed by atoms with Crippen LogP contribution in [0.1, 0.15) is 5.56 Å². The van der Waals surface area contributed by atoms with E-state index in [-0.39, 0.29) is 0 Å². The second kappa shape index (κ2) is 2.96. The van der Waals surface area contributed by atoms with Gasteiger partial charge in [-0.1, -0.05) is 15.9 Å². The molecule has 1 rings (SSSR count). The van der Waals surface area contributed by atoms with Crippen LogP contribution < -0.4 is 5.73 Å². The van der Waals surface area contributed by atoms with E-state index >= 15 is 0 Å². The van der Waals surface area contributed by atoms with Crippen molar-refractivity contribution < 1.29 is 4.39 Å². The monoisotopic (exact) mass is 204 g/mol. The number of anilines is 1. The van der Waals surface area contributed by atoms with Crippen LogP contribution in [0.4, 0.5) is 10.1 Å². The number of nitrogens with two attached hydrogens (primary N) is 1. The average Bonchev–Trinajstić information content (AvgIpc) is 1.94. The molecule has 0 aliphatic heterocycles. The van der Waals surface area contributed by atoms with Gasteiger partial charge in [0.05, 0.1) is 11.9 Å². The van der Waals surface area contributed by atoms with E-state index in [0.717, 1.165) is 0 Å². The van der Waals surface area contributed by atoms with Gasteiger partial charge in [0.2, 0.25) is 5.95 Å². The maximum atomic E-state index is 12.6. The molecule has 4 heteroatoms. The minimum Gasteiger partial charge on any atom is -0.397 e. The molecule has 0 amide bonds. The second-order valence-corrected chi connectivity index (χ2v) is 2.41. The van der Waals surface area contributed by atoms with Gasteiger partial charge in [0, 0.05) is 10.9 Å². The van der Waals surface area contributed by atoms with Crippen LogP contribution in [0, 0.1) is 5.95 Å². The Bertz CT molecular complexity index is 239. The van der Waals surface area contributed by atoms with E-state index in [1.54, 1.807) is 6.07 Å². The number of hydrogen-bond donors (Lipinski definition) is 1. The van der Waals surface area contributed by atoms with Gasteiger partial charge < -0.3 is 5.73 Å². The maximum Gasteiger partial charge on any atom is 0.217 e.